The van der Waals surface area contributed by atoms with Crippen molar-refractivity contribution in [3.63, 3.8) is 0 Å². The van der Waals surface area contributed by atoms with Crippen LogP contribution in [0.1, 0.15) is 15.9 Å². The molecule has 5 heteroatoms. The Morgan fingerprint density at radius 3 is 2.45 bits per heavy atom. The summed E-state index contributed by atoms with van der Waals surface area (Å²) in [5.74, 6) is -0.514. The minimum Gasteiger partial charge on any atom is -0.465 e. The van der Waals surface area contributed by atoms with E-state index >= 15 is 0 Å². The lowest BCUT2D eigenvalue weighted by Gasteiger charge is -2.06. The van der Waals surface area contributed by atoms with E-state index in [0.29, 0.717) is 10.6 Å². The average molecular weight is 304 g/mol. The van der Waals surface area contributed by atoms with Crippen molar-refractivity contribution in [1.29, 1.82) is 5.26 Å². The van der Waals surface area contributed by atoms with Crippen molar-refractivity contribution >= 4 is 29.3 Å². The molecule has 0 bridgehead atoms. The van der Waals surface area contributed by atoms with Gasteiger partial charge in [0.1, 0.15) is 6.07 Å². The van der Waals surface area contributed by atoms with E-state index in [1.54, 1.807) is 30.3 Å². The lowest BCUT2D eigenvalue weighted by molar-refractivity contribution is 0.0600. The molecule has 0 heterocycles. The van der Waals surface area contributed by atoms with Gasteiger partial charge in [0.15, 0.2) is 0 Å². The number of benzene rings is 2. The van der Waals surface area contributed by atoms with Gasteiger partial charge < -0.3 is 4.74 Å². The number of carbonyl (C=O) groups is 1. The zero-order valence-corrected chi connectivity index (χ0v) is 12.2. The van der Waals surface area contributed by atoms with Crippen LogP contribution in [-0.4, -0.2) is 13.1 Å². The van der Waals surface area contributed by atoms with E-state index in [4.69, 9.17) is 16.9 Å². The molecule has 2 aromatic carbocycles. The quantitative estimate of drug-likeness (QED) is 0.799. The molecule has 0 amide bonds. The first-order valence-corrected chi connectivity index (χ1v) is 6.89. The summed E-state index contributed by atoms with van der Waals surface area (Å²) in [7, 11) is 1.29. The SMILES string of the molecule is COC(=O)c1cc(Sc2ccc(Cl)cc2)ccc1C#N. The van der Waals surface area contributed by atoms with E-state index in [0.717, 1.165) is 9.79 Å². The molecule has 2 rings (SSSR count). The summed E-state index contributed by atoms with van der Waals surface area (Å²) in [4.78, 5) is 13.5. The fourth-order valence-corrected chi connectivity index (χ4v) is 2.59. The molecule has 0 aliphatic rings. The molecule has 0 N–H and O–H groups in total. The summed E-state index contributed by atoms with van der Waals surface area (Å²) < 4.78 is 4.68. The van der Waals surface area contributed by atoms with E-state index < -0.39 is 5.97 Å². The fraction of sp³-hybridized carbons (Fsp3) is 0.0667. The second-order valence-electron chi connectivity index (χ2n) is 3.87. The lowest BCUT2D eigenvalue weighted by Crippen LogP contribution is -2.04. The topological polar surface area (TPSA) is 50.1 Å². The van der Waals surface area contributed by atoms with Gasteiger partial charge in [0.05, 0.1) is 18.2 Å². The monoisotopic (exact) mass is 303 g/mol. The van der Waals surface area contributed by atoms with Crippen LogP contribution in [-0.2, 0) is 4.74 Å². The van der Waals surface area contributed by atoms with Crippen LogP contribution in [0.4, 0.5) is 0 Å². The number of carbonyl (C=O) groups excluding carboxylic acids is 1. The minimum absolute atomic E-state index is 0.272. The summed E-state index contributed by atoms with van der Waals surface area (Å²) in [5, 5.41) is 9.67. The highest BCUT2D eigenvalue weighted by Crippen LogP contribution is 2.30. The van der Waals surface area contributed by atoms with Crippen LogP contribution in [0.15, 0.2) is 52.3 Å². The number of nitrogens with zero attached hydrogens (tertiary/aromatic N) is 1. The Bertz CT molecular complexity index is 677. The standard InChI is InChI=1S/C15H10ClNO2S/c1-19-15(18)14-8-13(5-2-10(14)9-17)20-12-6-3-11(16)4-7-12/h2-8H,1H3. The number of halogens is 1. The van der Waals surface area contributed by atoms with Gasteiger partial charge in [0, 0.05) is 14.8 Å². The van der Waals surface area contributed by atoms with Crippen LogP contribution in [0, 0.1) is 11.3 Å². The number of hydrogen-bond acceptors (Lipinski definition) is 4. The average Bonchev–Trinajstić information content (AvgIpc) is 2.48. The normalized spacial score (nSPS) is 9.85. The lowest BCUT2D eigenvalue weighted by atomic mass is 10.1. The van der Waals surface area contributed by atoms with Gasteiger partial charge in [-0.05, 0) is 42.5 Å². The Balaban J connectivity index is 2.32. The zero-order valence-electron chi connectivity index (χ0n) is 10.6. The van der Waals surface area contributed by atoms with Crippen molar-refractivity contribution in [3.8, 4) is 6.07 Å². The van der Waals surface area contributed by atoms with Gasteiger partial charge in [-0.2, -0.15) is 5.26 Å². The minimum atomic E-state index is -0.514. The summed E-state index contributed by atoms with van der Waals surface area (Å²) in [6.45, 7) is 0. The maximum Gasteiger partial charge on any atom is 0.339 e. The Morgan fingerprint density at radius 2 is 1.85 bits per heavy atom. The van der Waals surface area contributed by atoms with Crippen molar-refractivity contribution < 1.29 is 9.53 Å². The molecular weight excluding hydrogens is 294 g/mol. The Labute approximate surface area is 126 Å². The smallest absolute Gasteiger partial charge is 0.339 e. The highest BCUT2D eigenvalue weighted by molar-refractivity contribution is 7.99. The predicted molar refractivity (Wildman–Crippen MR) is 78.1 cm³/mol. The van der Waals surface area contributed by atoms with Gasteiger partial charge in [-0.1, -0.05) is 23.4 Å². The fourth-order valence-electron chi connectivity index (χ4n) is 1.60. The second-order valence-corrected chi connectivity index (χ2v) is 5.45. The van der Waals surface area contributed by atoms with Crippen molar-refractivity contribution in [3.05, 3.63) is 58.6 Å². The molecule has 0 fully saturated rings. The first kappa shape index (κ1) is 14.4. The third-order valence-corrected chi connectivity index (χ3v) is 3.82. The molecule has 0 radical (unpaired) electrons. The number of ether oxygens (including phenoxy) is 1. The van der Waals surface area contributed by atoms with Crippen molar-refractivity contribution in [2.24, 2.45) is 0 Å². The molecule has 0 spiro atoms. The van der Waals surface area contributed by atoms with Gasteiger partial charge in [-0.25, -0.2) is 4.79 Å². The molecule has 20 heavy (non-hydrogen) atoms. The first-order valence-electron chi connectivity index (χ1n) is 5.70. The van der Waals surface area contributed by atoms with Crippen LogP contribution in [0.3, 0.4) is 0 Å². The van der Waals surface area contributed by atoms with Crippen LogP contribution >= 0.6 is 23.4 Å². The highest BCUT2D eigenvalue weighted by Gasteiger charge is 2.13. The summed E-state index contributed by atoms with van der Waals surface area (Å²) in [6, 6.07) is 14.4. The van der Waals surface area contributed by atoms with Crippen molar-refractivity contribution in [2.75, 3.05) is 7.11 Å². The zero-order chi connectivity index (χ0) is 14.5. The van der Waals surface area contributed by atoms with Crippen molar-refractivity contribution in [1.82, 2.24) is 0 Å². The van der Waals surface area contributed by atoms with Crippen LogP contribution in [0.25, 0.3) is 0 Å². The molecule has 2 aromatic rings. The maximum atomic E-state index is 11.6. The molecule has 3 nitrogen and oxygen atoms in total. The molecular formula is C15H10ClNO2S. The van der Waals surface area contributed by atoms with E-state index in [9.17, 15) is 4.79 Å². The predicted octanol–water partition coefficient (Wildman–Crippen LogP) is 4.15. The summed E-state index contributed by atoms with van der Waals surface area (Å²) >= 11 is 7.32. The number of methoxy groups -OCH3 is 1. The van der Waals surface area contributed by atoms with Crippen LogP contribution < -0.4 is 0 Å². The molecule has 0 saturated heterocycles. The number of rotatable bonds is 3. The van der Waals surface area contributed by atoms with Gasteiger partial charge in [-0.3, -0.25) is 0 Å². The second kappa shape index (κ2) is 6.47. The molecule has 0 unspecified atom stereocenters. The van der Waals surface area contributed by atoms with E-state index in [1.807, 2.05) is 18.2 Å². The molecule has 0 saturated carbocycles. The van der Waals surface area contributed by atoms with Gasteiger partial charge in [0.25, 0.3) is 0 Å². The molecule has 0 atom stereocenters. The third kappa shape index (κ3) is 3.32. The van der Waals surface area contributed by atoms with E-state index in [2.05, 4.69) is 4.74 Å². The van der Waals surface area contributed by atoms with Gasteiger partial charge >= 0.3 is 5.97 Å². The highest BCUT2D eigenvalue weighted by atomic mass is 35.5. The third-order valence-electron chi connectivity index (χ3n) is 2.57. The number of esters is 1. The van der Waals surface area contributed by atoms with Gasteiger partial charge in [-0.15, -0.1) is 0 Å². The van der Waals surface area contributed by atoms with E-state index in [1.165, 1.54) is 18.9 Å². The van der Waals surface area contributed by atoms with Gasteiger partial charge in [0.2, 0.25) is 0 Å². The van der Waals surface area contributed by atoms with Crippen LogP contribution in [0.5, 0.6) is 0 Å². The molecule has 0 aliphatic carbocycles. The first-order chi connectivity index (χ1) is 9.63. The number of hydrogen-bond donors (Lipinski definition) is 0. The Morgan fingerprint density at radius 1 is 1.20 bits per heavy atom. The Kier molecular flexibility index (Phi) is 4.67. The largest absolute Gasteiger partial charge is 0.465 e. The van der Waals surface area contributed by atoms with E-state index in [-0.39, 0.29) is 5.56 Å². The Hall–Kier alpha value is -1.96. The molecule has 0 aliphatic heterocycles. The summed E-state index contributed by atoms with van der Waals surface area (Å²) in [6.07, 6.45) is 0. The summed E-state index contributed by atoms with van der Waals surface area (Å²) in [5.41, 5.74) is 0.575. The van der Waals surface area contributed by atoms with Crippen molar-refractivity contribution in [2.45, 2.75) is 9.79 Å². The number of nitriles is 1. The maximum absolute atomic E-state index is 11.6. The molecule has 100 valence electrons. The van der Waals surface area contributed by atoms with Crippen LogP contribution in [0.2, 0.25) is 5.02 Å². The molecule has 0 aromatic heterocycles.